The van der Waals surface area contributed by atoms with E-state index in [-0.39, 0.29) is 0 Å². The van der Waals surface area contributed by atoms with Crippen molar-refractivity contribution in [2.24, 2.45) is 0 Å². The Morgan fingerprint density at radius 2 is 1.69 bits per heavy atom. The fourth-order valence-electron chi connectivity index (χ4n) is 1.61. The SMILES string of the molecule is CC.Cc1ccc2cc(C(C)C)ccc2n1. The van der Waals surface area contributed by atoms with Gasteiger partial charge in [0.1, 0.15) is 0 Å². The van der Waals surface area contributed by atoms with Gasteiger partial charge in [-0.25, -0.2) is 0 Å². The van der Waals surface area contributed by atoms with E-state index in [0.29, 0.717) is 5.92 Å². The van der Waals surface area contributed by atoms with Crippen LogP contribution >= 0.6 is 0 Å². The highest BCUT2D eigenvalue weighted by Crippen LogP contribution is 2.20. The van der Waals surface area contributed by atoms with Gasteiger partial charge < -0.3 is 0 Å². The highest BCUT2D eigenvalue weighted by atomic mass is 14.7. The molecule has 0 fully saturated rings. The summed E-state index contributed by atoms with van der Waals surface area (Å²) in [6.45, 7) is 10.4. The maximum Gasteiger partial charge on any atom is 0.0705 e. The van der Waals surface area contributed by atoms with Crippen LogP contribution in [0.1, 0.15) is 44.9 Å². The van der Waals surface area contributed by atoms with Gasteiger partial charge in [-0.05, 0) is 36.6 Å². The van der Waals surface area contributed by atoms with E-state index in [9.17, 15) is 0 Å². The number of hydrogen-bond acceptors (Lipinski definition) is 1. The van der Waals surface area contributed by atoms with E-state index in [1.54, 1.807) is 0 Å². The van der Waals surface area contributed by atoms with Gasteiger partial charge >= 0.3 is 0 Å². The molecule has 0 saturated carbocycles. The van der Waals surface area contributed by atoms with Gasteiger partial charge in [-0.3, -0.25) is 4.98 Å². The van der Waals surface area contributed by atoms with Crippen molar-refractivity contribution in [3.8, 4) is 0 Å². The standard InChI is InChI=1S/C13H15N.C2H6/c1-9(2)11-6-7-13-12(8-11)5-4-10(3)14-13;1-2/h4-9H,1-3H3;1-2H3. The average molecular weight is 215 g/mol. The second-order valence-corrected chi connectivity index (χ2v) is 4.06. The second kappa shape index (κ2) is 5.64. The van der Waals surface area contributed by atoms with Gasteiger partial charge in [-0.2, -0.15) is 0 Å². The fraction of sp³-hybridized carbons (Fsp3) is 0.400. The average Bonchev–Trinajstić information content (AvgIpc) is 2.30. The summed E-state index contributed by atoms with van der Waals surface area (Å²) >= 11 is 0. The molecule has 1 aromatic carbocycles. The maximum absolute atomic E-state index is 4.48. The van der Waals surface area contributed by atoms with Crippen molar-refractivity contribution in [2.45, 2.75) is 40.5 Å². The highest BCUT2D eigenvalue weighted by Gasteiger charge is 2.01. The first-order valence-electron chi connectivity index (χ1n) is 6.04. The number of pyridine rings is 1. The number of hydrogen-bond donors (Lipinski definition) is 0. The van der Waals surface area contributed by atoms with Crippen LogP contribution in [0.5, 0.6) is 0 Å². The zero-order chi connectivity index (χ0) is 12.1. The number of benzene rings is 1. The molecule has 0 aliphatic rings. The van der Waals surface area contributed by atoms with E-state index < -0.39 is 0 Å². The lowest BCUT2D eigenvalue weighted by molar-refractivity contribution is 0.868. The Kier molecular flexibility index (Phi) is 4.48. The molecule has 0 unspecified atom stereocenters. The van der Waals surface area contributed by atoms with E-state index >= 15 is 0 Å². The summed E-state index contributed by atoms with van der Waals surface area (Å²) in [4.78, 5) is 4.48. The van der Waals surface area contributed by atoms with Crippen molar-refractivity contribution in [1.29, 1.82) is 0 Å². The van der Waals surface area contributed by atoms with Crippen LogP contribution in [-0.4, -0.2) is 4.98 Å². The molecule has 2 rings (SSSR count). The molecule has 2 aromatic rings. The lowest BCUT2D eigenvalue weighted by Gasteiger charge is -2.06. The third kappa shape index (κ3) is 2.82. The zero-order valence-corrected chi connectivity index (χ0v) is 10.9. The van der Waals surface area contributed by atoms with Crippen LogP contribution in [0.4, 0.5) is 0 Å². The Labute approximate surface area is 98.5 Å². The first-order chi connectivity index (χ1) is 7.66. The summed E-state index contributed by atoms with van der Waals surface area (Å²) in [5.41, 5.74) is 3.55. The predicted molar refractivity (Wildman–Crippen MR) is 71.9 cm³/mol. The van der Waals surface area contributed by atoms with Gasteiger partial charge in [0.15, 0.2) is 0 Å². The van der Waals surface area contributed by atoms with Gasteiger partial charge in [0.05, 0.1) is 5.52 Å². The van der Waals surface area contributed by atoms with Crippen molar-refractivity contribution in [2.75, 3.05) is 0 Å². The van der Waals surface area contributed by atoms with Gasteiger partial charge in [0, 0.05) is 11.1 Å². The van der Waals surface area contributed by atoms with Gasteiger partial charge in [-0.1, -0.05) is 39.8 Å². The molecule has 0 saturated heterocycles. The van der Waals surface area contributed by atoms with Crippen molar-refractivity contribution in [3.63, 3.8) is 0 Å². The first-order valence-corrected chi connectivity index (χ1v) is 6.04. The summed E-state index contributed by atoms with van der Waals surface area (Å²) in [7, 11) is 0. The molecule has 0 N–H and O–H groups in total. The molecule has 1 aromatic heterocycles. The topological polar surface area (TPSA) is 12.9 Å². The van der Waals surface area contributed by atoms with Crippen LogP contribution in [0.2, 0.25) is 0 Å². The quantitative estimate of drug-likeness (QED) is 0.672. The summed E-state index contributed by atoms with van der Waals surface area (Å²) < 4.78 is 0. The number of rotatable bonds is 1. The molecule has 1 heteroatoms. The van der Waals surface area contributed by atoms with E-state index in [2.05, 4.69) is 49.2 Å². The van der Waals surface area contributed by atoms with Gasteiger partial charge in [0.2, 0.25) is 0 Å². The van der Waals surface area contributed by atoms with E-state index in [1.165, 1.54) is 10.9 Å². The molecule has 0 aliphatic carbocycles. The summed E-state index contributed by atoms with van der Waals surface area (Å²) in [6.07, 6.45) is 0. The van der Waals surface area contributed by atoms with Crippen LogP contribution in [0.3, 0.4) is 0 Å². The molecule has 16 heavy (non-hydrogen) atoms. The molecule has 0 aliphatic heterocycles. The van der Waals surface area contributed by atoms with Crippen molar-refractivity contribution < 1.29 is 0 Å². The van der Waals surface area contributed by atoms with Crippen LogP contribution in [0.25, 0.3) is 10.9 Å². The molecular formula is C15H21N. The fourth-order valence-corrected chi connectivity index (χ4v) is 1.61. The van der Waals surface area contributed by atoms with Crippen LogP contribution < -0.4 is 0 Å². The first kappa shape index (κ1) is 12.7. The maximum atomic E-state index is 4.48. The van der Waals surface area contributed by atoms with Crippen molar-refractivity contribution >= 4 is 10.9 Å². The molecule has 1 heterocycles. The van der Waals surface area contributed by atoms with Gasteiger partial charge in [0.25, 0.3) is 0 Å². The third-order valence-corrected chi connectivity index (χ3v) is 2.52. The molecule has 0 radical (unpaired) electrons. The lowest BCUT2D eigenvalue weighted by atomic mass is 10.0. The molecule has 0 bridgehead atoms. The Bertz CT molecular complexity index is 458. The van der Waals surface area contributed by atoms with E-state index in [4.69, 9.17) is 0 Å². The molecule has 86 valence electrons. The normalized spacial score (nSPS) is 10.1. The number of nitrogens with zero attached hydrogens (tertiary/aromatic N) is 1. The molecule has 0 amide bonds. The number of fused-ring (bicyclic) bond motifs is 1. The van der Waals surface area contributed by atoms with Crippen LogP contribution in [0, 0.1) is 6.92 Å². The largest absolute Gasteiger partial charge is 0.253 e. The molecule has 0 atom stereocenters. The van der Waals surface area contributed by atoms with E-state index in [1.807, 2.05) is 20.8 Å². The number of aromatic nitrogens is 1. The Hall–Kier alpha value is -1.37. The smallest absolute Gasteiger partial charge is 0.0705 e. The second-order valence-electron chi connectivity index (χ2n) is 4.06. The summed E-state index contributed by atoms with van der Waals surface area (Å²) in [5.74, 6) is 0.584. The van der Waals surface area contributed by atoms with Crippen molar-refractivity contribution in [3.05, 3.63) is 41.6 Å². The third-order valence-electron chi connectivity index (χ3n) is 2.52. The van der Waals surface area contributed by atoms with Crippen LogP contribution in [-0.2, 0) is 0 Å². The molecule has 0 spiro atoms. The van der Waals surface area contributed by atoms with Crippen LogP contribution in [0.15, 0.2) is 30.3 Å². The Balaban J connectivity index is 0.000000606. The summed E-state index contributed by atoms with van der Waals surface area (Å²) in [6, 6.07) is 10.7. The minimum Gasteiger partial charge on any atom is -0.253 e. The summed E-state index contributed by atoms with van der Waals surface area (Å²) in [5, 5.41) is 1.24. The number of aryl methyl sites for hydroxylation is 1. The zero-order valence-electron chi connectivity index (χ0n) is 10.9. The Morgan fingerprint density at radius 3 is 2.31 bits per heavy atom. The predicted octanol–water partition coefficient (Wildman–Crippen LogP) is 4.69. The minimum absolute atomic E-state index is 0.584. The molecule has 1 nitrogen and oxygen atoms in total. The van der Waals surface area contributed by atoms with E-state index in [0.717, 1.165) is 11.2 Å². The highest BCUT2D eigenvalue weighted by molar-refractivity contribution is 5.79. The minimum atomic E-state index is 0.584. The monoisotopic (exact) mass is 215 g/mol. The Morgan fingerprint density at radius 1 is 1.00 bits per heavy atom. The lowest BCUT2D eigenvalue weighted by Crippen LogP contribution is -1.88. The molecular weight excluding hydrogens is 194 g/mol. The van der Waals surface area contributed by atoms with Crippen molar-refractivity contribution in [1.82, 2.24) is 4.98 Å². The van der Waals surface area contributed by atoms with Gasteiger partial charge in [-0.15, -0.1) is 0 Å².